The third-order valence-electron chi connectivity index (χ3n) is 5.37. The van der Waals surface area contributed by atoms with Crippen molar-refractivity contribution in [1.29, 1.82) is 5.26 Å². The van der Waals surface area contributed by atoms with E-state index < -0.39 is 0 Å². The number of ether oxygens (including phenoxy) is 1. The van der Waals surface area contributed by atoms with Crippen LogP contribution in [0.25, 0.3) is 0 Å². The molecule has 3 fully saturated rings. The average molecular weight is 325 g/mol. The number of carbonyl (C=O) groups is 1. The number of hydrogen-bond donors (Lipinski definition) is 0. The van der Waals surface area contributed by atoms with E-state index in [0.29, 0.717) is 30.6 Å². The maximum absolute atomic E-state index is 12.9. The predicted molar refractivity (Wildman–Crippen MR) is 90.0 cm³/mol. The SMILES string of the molecule is COc1ccc(C(=O)N2CCN(C3CC3)C(C#N)C2)cc1C1CC1. The Bertz CT molecular complexity index is 688. The summed E-state index contributed by atoms with van der Waals surface area (Å²) in [5.41, 5.74) is 1.87. The van der Waals surface area contributed by atoms with Crippen LogP contribution in [0, 0.1) is 11.3 Å². The van der Waals surface area contributed by atoms with Crippen LogP contribution in [0.2, 0.25) is 0 Å². The van der Waals surface area contributed by atoms with Gasteiger partial charge in [-0.2, -0.15) is 5.26 Å². The van der Waals surface area contributed by atoms with Gasteiger partial charge in [0.1, 0.15) is 11.8 Å². The molecule has 0 bridgehead atoms. The molecule has 1 atom stereocenters. The topological polar surface area (TPSA) is 56.6 Å². The molecule has 0 spiro atoms. The number of benzene rings is 1. The number of methoxy groups -OCH3 is 1. The van der Waals surface area contributed by atoms with Gasteiger partial charge in [-0.05, 0) is 55.4 Å². The van der Waals surface area contributed by atoms with Gasteiger partial charge in [0.05, 0.1) is 13.2 Å². The zero-order valence-corrected chi connectivity index (χ0v) is 14.1. The number of amides is 1. The molecular formula is C19H23N3O2. The monoisotopic (exact) mass is 325 g/mol. The molecule has 2 saturated carbocycles. The molecule has 1 aromatic carbocycles. The smallest absolute Gasteiger partial charge is 0.253 e. The molecule has 5 nitrogen and oxygen atoms in total. The van der Waals surface area contributed by atoms with Crippen LogP contribution >= 0.6 is 0 Å². The first kappa shape index (κ1) is 15.5. The van der Waals surface area contributed by atoms with Crippen molar-refractivity contribution in [2.24, 2.45) is 0 Å². The van der Waals surface area contributed by atoms with E-state index in [1.165, 1.54) is 25.7 Å². The molecule has 1 aromatic rings. The summed E-state index contributed by atoms with van der Waals surface area (Å²) >= 11 is 0. The van der Waals surface area contributed by atoms with Crippen molar-refractivity contribution in [2.45, 2.75) is 43.7 Å². The Kier molecular flexibility index (Phi) is 3.93. The van der Waals surface area contributed by atoms with E-state index >= 15 is 0 Å². The highest BCUT2D eigenvalue weighted by molar-refractivity contribution is 5.94. The molecule has 4 rings (SSSR count). The molecule has 5 heteroatoms. The van der Waals surface area contributed by atoms with Gasteiger partial charge in [-0.1, -0.05) is 0 Å². The molecule has 0 radical (unpaired) electrons. The lowest BCUT2D eigenvalue weighted by Crippen LogP contribution is -2.54. The van der Waals surface area contributed by atoms with Crippen LogP contribution in [-0.2, 0) is 0 Å². The van der Waals surface area contributed by atoms with Crippen molar-refractivity contribution in [3.63, 3.8) is 0 Å². The van der Waals surface area contributed by atoms with Gasteiger partial charge in [0.15, 0.2) is 0 Å². The summed E-state index contributed by atoms with van der Waals surface area (Å²) in [6.07, 6.45) is 4.72. The standard InChI is InChI=1S/C19H23N3O2/c1-24-18-7-4-14(10-17(18)13-2-3-13)19(23)21-8-9-22(15-5-6-15)16(11-20)12-21/h4,7,10,13,15-16H,2-3,5-6,8-9,12H2,1H3. The Morgan fingerprint density at radius 3 is 2.67 bits per heavy atom. The van der Waals surface area contributed by atoms with E-state index in [-0.39, 0.29) is 11.9 Å². The zero-order chi connectivity index (χ0) is 16.7. The van der Waals surface area contributed by atoms with E-state index in [9.17, 15) is 10.1 Å². The fourth-order valence-electron chi connectivity index (χ4n) is 3.70. The van der Waals surface area contributed by atoms with Crippen LogP contribution in [0.15, 0.2) is 18.2 Å². The molecule has 2 aliphatic carbocycles. The van der Waals surface area contributed by atoms with Crippen molar-refractivity contribution in [1.82, 2.24) is 9.80 Å². The van der Waals surface area contributed by atoms with Crippen molar-refractivity contribution in [3.05, 3.63) is 29.3 Å². The van der Waals surface area contributed by atoms with Crippen LogP contribution in [0.3, 0.4) is 0 Å². The Morgan fingerprint density at radius 2 is 2.04 bits per heavy atom. The van der Waals surface area contributed by atoms with Crippen LogP contribution in [0.4, 0.5) is 0 Å². The van der Waals surface area contributed by atoms with Gasteiger partial charge < -0.3 is 9.64 Å². The number of nitriles is 1. The highest BCUT2D eigenvalue weighted by Gasteiger charge is 2.38. The first-order valence-electron chi connectivity index (χ1n) is 8.84. The van der Waals surface area contributed by atoms with Crippen LogP contribution in [0.5, 0.6) is 5.75 Å². The van der Waals surface area contributed by atoms with Crippen molar-refractivity contribution in [3.8, 4) is 11.8 Å². The molecule has 1 aliphatic heterocycles. The summed E-state index contributed by atoms with van der Waals surface area (Å²) in [6.45, 7) is 2.02. The Hall–Kier alpha value is -2.06. The first-order chi connectivity index (χ1) is 11.7. The molecular weight excluding hydrogens is 302 g/mol. The van der Waals surface area contributed by atoms with Gasteiger partial charge in [-0.25, -0.2) is 0 Å². The molecule has 1 amide bonds. The van der Waals surface area contributed by atoms with Crippen molar-refractivity contribution in [2.75, 3.05) is 26.7 Å². The average Bonchev–Trinajstić information content (AvgIpc) is 3.51. The second-order valence-corrected chi connectivity index (χ2v) is 7.10. The lowest BCUT2D eigenvalue weighted by atomic mass is 10.0. The molecule has 0 aromatic heterocycles. The van der Waals surface area contributed by atoms with Crippen molar-refractivity contribution >= 4 is 5.91 Å². The molecule has 0 N–H and O–H groups in total. The van der Waals surface area contributed by atoms with E-state index in [0.717, 1.165) is 17.9 Å². The predicted octanol–water partition coefficient (Wildman–Crippen LogP) is 2.38. The molecule has 24 heavy (non-hydrogen) atoms. The van der Waals surface area contributed by atoms with Crippen LogP contribution in [-0.4, -0.2) is 54.5 Å². The minimum absolute atomic E-state index is 0.0373. The molecule has 1 saturated heterocycles. The summed E-state index contributed by atoms with van der Waals surface area (Å²) in [6, 6.07) is 8.52. The fourth-order valence-corrected chi connectivity index (χ4v) is 3.70. The zero-order valence-electron chi connectivity index (χ0n) is 14.1. The van der Waals surface area contributed by atoms with Gasteiger partial charge in [0.25, 0.3) is 5.91 Å². The summed E-state index contributed by atoms with van der Waals surface area (Å²) in [5, 5.41) is 9.46. The summed E-state index contributed by atoms with van der Waals surface area (Å²) in [5.74, 6) is 1.45. The number of nitrogens with zero attached hydrogens (tertiary/aromatic N) is 3. The van der Waals surface area contributed by atoms with E-state index in [1.807, 2.05) is 23.1 Å². The molecule has 1 heterocycles. The van der Waals surface area contributed by atoms with E-state index in [1.54, 1.807) is 7.11 Å². The van der Waals surface area contributed by atoms with Gasteiger partial charge in [0.2, 0.25) is 0 Å². The number of hydrogen-bond acceptors (Lipinski definition) is 4. The Labute approximate surface area is 142 Å². The Balaban J connectivity index is 1.51. The number of piperazine rings is 1. The highest BCUT2D eigenvalue weighted by atomic mass is 16.5. The fraction of sp³-hybridized carbons (Fsp3) is 0.579. The minimum atomic E-state index is -0.170. The van der Waals surface area contributed by atoms with Crippen LogP contribution in [0.1, 0.15) is 47.5 Å². The molecule has 126 valence electrons. The summed E-state index contributed by atoms with van der Waals surface area (Å²) in [4.78, 5) is 17.0. The second kappa shape index (κ2) is 6.10. The van der Waals surface area contributed by atoms with Gasteiger partial charge in [-0.3, -0.25) is 9.69 Å². The summed E-state index contributed by atoms with van der Waals surface area (Å²) < 4.78 is 5.43. The van der Waals surface area contributed by atoms with Gasteiger partial charge >= 0.3 is 0 Å². The number of carbonyl (C=O) groups excluding carboxylic acids is 1. The largest absolute Gasteiger partial charge is 0.496 e. The Morgan fingerprint density at radius 1 is 1.25 bits per heavy atom. The van der Waals surface area contributed by atoms with Crippen LogP contribution < -0.4 is 4.74 Å². The molecule has 1 unspecified atom stereocenters. The lowest BCUT2D eigenvalue weighted by Gasteiger charge is -2.38. The minimum Gasteiger partial charge on any atom is -0.496 e. The third-order valence-corrected chi connectivity index (χ3v) is 5.37. The third kappa shape index (κ3) is 2.87. The highest BCUT2D eigenvalue weighted by Crippen LogP contribution is 2.44. The maximum Gasteiger partial charge on any atom is 0.253 e. The molecule has 3 aliphatic rings. The van der Waals surface area contributed by atoms with E-state index in [4.69, 9.17) is 4.74 Å². The summed E-state index contributed by atoms with van der Waals surface area (Å²) in [7, 11) is 1.68. The quantitative estimate of drug-likeness (QED) is 0.853. The maximum atomic E-state index is 12.9. The van der Waals surface area contributed by atoms with E-state index in [2.05, 4.69) is 11.0 Å². The van der Waals surface area contributed by atoms with Gasteiger partial charge in [-0.15, -0.1) is 0 Å². The van der Waals surface area contributed by atoms with Gasteiger partial charge in [0, 0.05) is 31.2 Å². The normalized spacial score (nSPS) is 24.5. The lowest BCUT2D eigenvalue weighted by molar-refractivity contribution is 0.0550. The van der Waals surface area contributed by atoms with Crippen molar-refractivity contribution < 1.29 is 9.53 Å². The first-order valence-corrected chi connectivity index (χ1v) is 8.84. The number of rotatable bonds is 4. The second-order valence-electron chi connectivity index (χ2n) is 7.10.